The van der Waals surface area contributed by atoms with Gasteiger partial charge in [-0.25, -0.2) is 0 Å². The summed E-state index contributed by atoms with van der Waals surface area (Å²) in [7, 11) is -8.71. The zero-order valence-corrected chi connectivity index (χ0v) is 12.5. The Kier molecular flexibility index (Phi) is 48.7. The molecule has 0 aliphatic heterocycles. The van der Waals surface area contributed by atoms with Crippen LogP contribution in [0, 0.1) is 0 Å². The topological polar surface area (TPSA) is 227 Å². The predicted octanol–water partition coefficient (Wildman–Crippen LogP) is -7.19. The molecule has 0 heterocycles. The smallest absolute Gasteiger partial charge is 0.787 e. The molecule has 0 spiro atoms. The first-order valence-electron chi connectivity index (χ1n) is 2.20. The number of rotatable bonds is 3. The molecule has 0 aromatic carbocycles. The van der Waals surface area contributed by atoms with E-state index in [9.17, 15) is 0 Å². The average Bonchev–Trinajstić information content (AvgIpc) is 2.19. The first-order valence-corrected chi connectivity index (χ1v) is 5.59. The summed E-state index contributed by atoms with van der Waals surface area (Å²) in [6.45, 7) is 0. The van der Waals surface area contributed by atoms with Gasteiger partial charge in [0.2, 0.25) is 0 Å². The fourth-order valence-electron chi connectivity index (χ4n) is 0. The van der Waals surface area contributed by atoms with Crippen molar-refractivity contribution in [2.45, 2.75) is 0 Å². The van der Waals surface area contributed by atoms with Crippen LogP contribution in [0.2, 0.25) is 0 Å². The van der Waals surface area contributed by atoms with Crippen molar-refractivity contribution >= 4 is 60.5 Å². The van der Waals surface area contributed by atoms with Crippen molar-refractivity contribution in [3.8, 4) is 0 Å². The molecule has 0 aromatic heterocycles. The maximum absolute atomic E-state index is 8.98. The third-order valence-corrected chi connectivity index (χ3v) is 0.574. The fraction of sp³-hybridized carbons (Fsp3) is 0. The molecule has 3 atom stereocenters. The van der Waals surface area contributed by atoms with Gasteiger partial charge >= 0.3 is 34.7 Å². The van der Waals surface area contributed by atoms with Crippen LogP contribution in [0.3, 0.4) is 0 Å². The van der Waals surface area contributed by atoms with Gasteiger partial charge in [0.15, 0.2) is 0 Å². The summed E-state index contributed by atoms with van der Waals surface area (Å²) >= 11 is 0. The van der Waals surface area contributed by atoms with Crippen molar-refractivity contribution in [1.29, 1.82) is 0 Å². The largest absolute Gasteiger partial charge is 3.00 e. The Balaban J connectivity index is -0.0000000400. The summed E-state index contributed by atoms with van der Waals surface area (Å²) in [6.07, 6.45) is 0. The third-order valence-electron chi connectivity index (χ3n) is 0.191. The van der Waals surface area contributed by atoms with Crippen LogP contribution < -0.4 is 30.5 Å². The molecule has 17 heteroatoms. The molecule has 0 amide bonds. The quantitative estimate of drug-likeness (QED) is 0.188. The van der Waals surface area contributed by atoms with E-state index in [4.69, 9.17) is 45.1 Å². The Morgan fingerprint density at radius 3 is 0.647 bits per heavy atom. The van der Waals surface area contributed by atoms with Gasteiger partial charge in [0.1, 0.15) is 0 Å². The molecule has 0 aliphatic carbocycles. The fourth-order valence-corrected chi connectivity index (χ4v) is 0. The normalized spacial score (nSPS) is 13.2. The van der Waals surface area contributed by atoms with Crippen molar-refractivity contribution in [1.82, 2.24) is 0 Å². The summed E-state index contributed by atoms with van der Waals surface area (Å²) in [4.78, 5) is 49.0. The van der Waals surface area contributed by atoms with Crippen molar-refractivity contribution in [3.63, 3.8) is 0 Å². The van der Waals surface area contributed by atoms with E-state index in [0.29, 0.717) is 0 Å². The SMILES string of the molecule is [Al+3].[Al+3].[O-]OP([O-])O.[O-]OP([O-])O.[O-]OP([O-])O. The van der Waals surface area contributed by atoms with Gasteiger partial charge in [0.05, 0.1) is 25.8 Å². The second-order valence-electron chi connectivity index (χ2n) is 0.937. The molecular formula is H3Al2O12P3. The Labute approximate surface area is 120 Å². The van der Waals surface area contributed by atoms with E-state index in [1.165, 1.54) is 0 Å². The van der Waals surface area contributed by atoms with Crippen LogP contribution in [0.25, 0.3) is 0 Å². The molecule has 3 N–H and O–H groups in total. The van der Waals surface area contributed by atoms with Crippen molar-refractivity contribution in [2.75, 3.05) is 0 Å². The summed E-state index contributed by atoms with van der Waals surface area (Å²) in [5.41, 5.74) is 0. The van der Waals surface area contributed by atoms with E-state index < -0.39 is 25.8 Å². The molecule has 17 heavy (non-hydrogen) atoms. The molecule has 96 valence electrons. The van der Waals surface area contributed by atoms with Crippen molar-refractivity contribution < 1.29 is 59.2 Å². The Morgan fingerprint density at radius 1 is 0.588 bits per heavy atom. The predicted molar refractivity (Wildman–Crippen MR) is 42.2 cm³/mol. The molecule has 0 fully saturated rings. The molecule has 0 aromatic rings. The molecule has 0 saturated heterocycles. The number of hydrogen-bond donors (Lipinski definition) is 3. The summed E-state index contributed by atoms with van der Waals surface area (Å²) in [6, 6.07) is 0. The van der Waals surface area contributed by atoms with Crippen molar-refractivity contribution in [2.24, 2.45) is 0 Å². The van der Waals surface area contributed by atoms with Gasteiger partial charge in [-0.2, -0.15) is 0 Å². The zero-order valence-electron chi connectivity index (χ0n) is 7.51. The number of hydrogen-bond acceptors (Lipinski definition) is 12. The van der Waals surface area contributed by atoms with Gasteiger partial charge in [0, 0.05) is 0 Å². The van der Waals surface area contributed by atoms with E-state index in [1.54, 1.807) is 0 Å². The second-order valence-corrected chi connectivity index (χ2v) is 2.81. The minimum atomic E-state index is -2.90. The molecular weight excluding hydrogens is 339 g/mol. The Bertz CT molecular complexity index is 80.7. The van der Waals surface area contributed by atoms with Crippen LogP contribution in [0.4, 0.5) is 0 Å². The molecule has 0 bridgehead atoms. The minimum Gasteiger partial charge on any atom is -0.787 e. The monoisotopic (exact) mass is 342 g/mol. The maximum atomic E-state index is 8.98. The van der Waals surface area contributed by atoms with Crippen LogP contribution in [0.5, 0.6) is 0 Å². The maximum Gasteiger partial charge on any atom is 3.00 e. The summed E-state index contributed by atoms with van der Waals surface area (Å²) in [5.74, 6) is 0. The Morgan fingerprint density at radius 2 is 0.647 bits per heavy atom. The van der Waals surface area contributed by atoms with E-state index in [0.717, 1.165) is 0 Å². The van der Waals surface area contributed by atoms with Gasteiger partial charge in [-0.05, 0) is 0 Å². The van der Waals surface area contributed by atoms with Crippen LogP contribution in [0.15, 0.2) is 0 Å². The third kappa shape index (κ3) is 72.6. The second kappa shape index (κ2) is 26.4. The van der Waals surface area contributed by atoms with Crippen LogP contribution in [-0.4, -0.2) is 49.4 Å². The van der Waals surface area contributed by atoms with Crippen molar-refractivity contribution in [3.05, 3.63) is 0 Å². The summed E-state index contributed by atoms with van der Waals surface area (Å²) in [5, 5.41) is 25.8. The van der Waals surface area contributed by atoms with Crippen LogP contribution in [0.1, 0.15) is 0 Å². The molecule has 3 unspecified atom stereocenters. The molecule has 0 saturated carbocycles. The Hall–Kier alpha value is 1.87. The first-order chi connectivity index (χ1) is 6.81. The molecule has 0 radical (unpaired) electrons. The van der Waals surface area contributed by atoms with Crippen LogP contribution >= 0.6 is 25.8 Å². The standard InChI is InChI=1S/2Al.3H2O4P/c;;3*1-4-5(2)3/h;;3*1-2H/q2*+3;3*-1/p-3. The first kappa shape index (κ1) is 31.3. The van der Waals surface area contributed by atoms with E-state index in [-0.39, 0.29) is 34.7 Å². The van der Waals surface area contributed by atoms with Gasteiger partial charge < -0.3 is 59.2 Å². The zero-order chi connectivity index (χ0) is 12.9. The van der Waals surface area contributed by atoms with E-state index in [2.05, 4.69) is 14.0 Å². The summed E-state index contributed by atoms with van der Waals surface area (Å²) < 4.78 is 7.69. The molecule has 0 rings (SSSR count). The van der Waals surface area contributed by atoms with Gasteiger partial charge in [-0.3, -0.25) is 0 Å². The van der Waals surface area contributed by atoms with Gasteiger partial charge in [-0.15, -0.1) is 0 Å². The van der Waals surface area contributed by atoms with E-state index in [1.807, 2.05) is 0 Å². The average molecular weight is 342 g/mol. The minimum absolute atomic E-state index is 0. The van der Waals surface area contributed by atoms with E-state index >= 15 is 0 Å². The molecule has 12 nitrogen and oxygen atoms in total. The van der Waals surface area contributed by atoms with Gasteiger partial charge in [-0.1, -0.05) is 0 Å². The van der Waals surface area contributed by atoms with Crippen LogP contribution in [-0.2, 0) is 14.0 Å². The van der Waals surface area contributed by atoms with Gasteiger partial charge in [0.25, 0.3) is 0 Å². The molecule has 0 aliphatic rings.